The molecule has 1 aromatic heterocycles. The smallest absolute Gasteiger partial charge is 0.130 e. The van der Waals surface area contributed by atoms with Crippen LogP contribution in [0.15, 0.2) is 48.7 Å². The molecule has 3 heterocycles. The molecule has 2 aliphatic rings. The average molecular weight is 389 g/mol. The van der Waals surface area contributed by atoms with Gasteiger partial charge in [0.1, 0.15) is 12.4 Å². The van der Waals surface area contributed by atoms with Gasteiger partial charge in [-0.3, -0.25) is 14.8 Å². The number of likely N-dealkylation sites (tertiary alicyclic amines) is 1. The summed E-state index contributed by atoms with van der Waals surface area (Å²) < 4.78 is 6.07. The van der Waals surface area contributed by atoms with Gasteiger partial charge < -0.3 is 10.1 Å². The van der Waals surface area contributed by atoms with Crippen molar-refractivity contribution >= 4 is 12.4 Å². The third-order valence-electron chi connectivity index (χ3n) is 5.38. The van der Waals surface area contributed by atoms with E-state index >= 15 is 0 Å². The van der Waals surface area contributed by atoms with Crippen molar-refractivity contribution in [1.29, 1.82) is 0 Å². The van der Waals surface area contributed by atoms with Crippen LogP contribution in [0.5, 0.6) is 5.75 Å². The number of pyridine rings is 1. The first-order valence-electron chi connectivity index (χ1n) is 9.66. The zero-order valence-corrected chi connectivity index (χ0v) is 16.5. The lowest BCUT2D eigenvalue weighted by Crippen LogP contribution is -2.49. The SMILES string of the molecule is Cl.c1ccc(COc2ccccc2CN2CCC(N3CCNCC3)C2)nc1. The maximum absolute atomic E-state index is 6.07. The van der Waals surface area contributed by atoms with Crippen molar-refractivity contribution < 1.29 is 4.74 Å². The number of para-hydroxylation sites is 1. The van der Waals surface area contributed by atoms with Crippen LogP contribution in [-0.4, -0.2) is 60.1 Å². The van der Waals surface area contributed by atoms with Crippen molar-refractivity contribution in [3.05, 3.63) is 59.9 Å². The highest BCUT2D eigenvalue weighted by Gasteiger charge is 2.28. The summed E-state index contributed by atoms with van der Waals surface area (Å²) in [5.74, 6) is 0.976. The summed E-state index contributed by atoms with van der Waals surface area (Å²) in [6.07, 6.45) is 3.09. The predicted octanol–water partition coefficient (Wildman–Crippen LogP) is 2.56. The van der Waals surface area contributed by atoms with Gasteiger partial charge in [-0.1, -0.05) is 24.3 Å². The van der Waals surface area contributed by atoms with Crippen LogP contribution >= 0.6 is 12.4 Å². The van der Waals surface area contributed by atoms with Gasteiger partial charge >= 0.3 is 0 Å². The summed E-state index contributed by atoms with van der Waals surface area (Å²) in [4.78, 5) is 9.56. The van der Waals surface area contributed by atoms with Crippen LogP contribution in [0.25, 0.3) is 0 Å². The summed E-state index contributed by atoms with van der Waals surface area (Å²) in [5.41, 5.74) is 2.23. The number of benzene rings is 1. The Morgan fingerprint density at radius 2 is 1.85 bits per heavy atom. The molecule has 1 unspecified atom stereocenters. The van der Waals surface area contributed by atoms with E-state index < -0.39 is 0 Å². The molecule has 0 aliphatic carbocycles. The highest BCUT2D eigenvalue weighted by Crippen LogP contribution is 2.24. The Morgan fingerprint density at radius 3 is 2.67 bits per heavy atom. The Morgan fingerprint density at radius 1 is 1.04 bits per heavy atom. The second-order valence-corrected chi connectivity index (χ2v) is 7.18. The second-order valence-electron chi connectivity index (χ2n) is 7.18. The van der Waals surface area contributed by atoms with E-state index in [0.717, 1.165) is 37.6 Å². The summed E-state index contributed by atoms with van der Waals surface area (Å²) in [7, 11) is 0. The van der Waals surface area contributed by atoms with Gasteiger partial charge in [0.15, 0.2) is 0 Å². The van der Waals surface area contributed by atoms with E-state index in [1.54, 1.807) is 0 Å². The molecule has 2 aromatic rings. The zero-order chi connectivity index (χ0) is 17.6. The number of piperazine rings is 1. The zero-order valence-electron chi connectivity index (χ0n) is 15.7. The van der Waals surface area contributed by atoms with Crippen molar-refractivity contribution in [2.24, 2.45) is 0 Å². The molecule has 27 heavy (non-hydrogen) atoms. The normalized spacial score (nSPS) is 21.0. The van der Waals surface area contributed by atoms with Crippen molar-refractivity contribution in [2.75, 3.05) is 39.3 Å². The van der Waals surface area contributed by atoms with Gasteiger partial charge in [0.2, 0.25) is 0 Å². The van der Waals surface area contributed by atoms with Crippen LogP contribution in [0.3, 0.4) is 0 Å². The molecule has 2 saturated heterocycles. The van der Waals surface area contributed by atoms with Gasteiger partial charge in [0, 0.05) is 63.6 Å². The van der Waals surface area contributed by atoms with Gasteiger partial charge in [-0.15, -0.1) is 12.4 Å². The fraction of sp³-hybridized carbons (Fsp3) is 0.476. The van der Waals surface area contributed by atoms with Crippen molar-refractivity contribution in [2.45, 2.75) is 25.6 Å². The van der Waals surface area contributed by atoms with E-state index in [1.807, 2.05) is 30.5 Å². The number of nitrogens with zero attached hydrogens (tertiary/aromatic N) is 3. The van der Waals surface area contributed by atoms with E-state index in [4.69, 9.17) is 4.74 Å². The predicted molar refractivity (Wildman–Crippen MR) is 110 cm³/mol. The van der Waals surface area contributed by atoms with Crippen LogP contribution in [0.2, 0.25) is 0 Å². The Labute approximate surface area is 168 Å². The molecule has 6 heteroatoms. The molecule has 0 radical (unpaired) electrons. The van der Waals surface area contributed by atoms with Crippen LogP contribution in [-0.2, 0) is 13.2 Å². The number of halogens is 1. The van der Waals surface area contributed by atoms with Crippen LogP contribution < -0.4 is 10.1 Å². The molecule has 0 spiro atoms. The monoisotopic (exact) mass is 388 g/mol. The molecule has 146 valence electrons. The molecule has 2 aliphatic heterocycles. The molecule has 1 aromatic carbocycles. The Hall–Kier alpha value is -1.66. The minimum atomic E-state index is 0. The van der Waals surface area contributed by atoms with Crippen LogP contribution in [0.4, 0.5) is 0 Å². The van der Waals surface area contributed by atoms with E-state index in [9.17, 15) is 0 Å². The molecule has 0 saturated carbocycles. The average Bonchev–Trinajstić information content (AvgIpc) is 3.17. The van der Waals surface area contributed by atoms with Gasteiger partial charge in [0.25, 0.3) is 0 Å². The lowest BCUT2D eigenvalue weighted by molar-refractivity contribution is 0.170. The molecule has 1 atom stereocenters. The molecule has 5 nitrogen and oxygen atoms in total. The number of nitrogens with one attached hydrogen (secondary N) is 1. The Balaban J connectivity index is 0.00000210. The molecular formula is C21H29ClN4O. The van der Waals surface area contributed by atoms with Crippen molar-refractivity contribution in [1.82, 2.24) is 20.1 Å². The number of rotatable bonds is 6. The molecule has 0 bridgehead atoms. The molecule has 2 fully saturated rings. The van der Waals surface area contributed by atoms with E-state index in [2.05, 4.69) is 38.3 Å². The third-order valence-corrected chi connectivity index (χ3v) is 5.38. The fourth-order valence-electron chi connectivity index (χ4n) is 3.95. The molecule has 1 N–H and O–H groups in total. The van der Waals surface area contributed by atoms with Crippen LogP contribution in [0, 0.1) is 0 Å². The van der Waals surface area contributed by atoms with Gasteiger partial charge in [0.05, 0.1) is 5.69 Å². The summed E-state index contributed by atoms with van der Waals surface area (Å²) in [6, 6.07) is 15.0. The summed E-state index contributed by atoms with van der Waals surface area (Å²) >= 11 is 0. The Bertz CT molecular complexity index is 694. The molecule has 4 rings (SSSR count). The lowest BCUT2D eigenvalue weighted by atomic mass is 10.2. The summed E-state index contributed by atoms with van der Waals surface area (Å²) in [5, 5.41) is 3.45. The first-order valence-corrected chi connectivity index (χ1v) is 9.66. The minimum absolute atomic E-state index is 0. The van der Waals surface area contributed by atoms with Crippen LogP contribution in [0.1, 0.15) is 17.7 Å². The highest BCUT2D eigenvalue weighted by atomic mass is 35.5. The Kier molecular flexibility index (Phi) is 7.47. The maximum atomic E-state index is 6.07. The fourth-order valence-corrected chi connectivity index (χ4v) is 3.95. The first-order chi connectivity index (χ1) is 12.9. The quantitative estimate of drug-likeness (QED) is 0.823. The standard InChI is InChI=1S/C21H28N4O.ClH/c1-2-7-21(26-17-19-6-3-4-9-23-19)18(5-1)15-24-12-8-20(16-24)25-13-10-22-11-14-25;/h1-7,9,20,22H,8,10-17H2;1H. The molecular weight excluding hydrogens is 360 g/mol. The topological polar surface area (TPSA) is 40.6 Å². The summed E-state index contributed by atoms with van der Waals surface area (Å²) in [6.45, 7) is 8.42. The first kappa shape index (κ1) is 20.1. The van der Waals surface area contributed by atoms with E-state index in [1.165, 1.54) is 31.6 Å². The molecule has 0 amide bonds. The number of hydrogen-bond acceptors (Lipinski definition) is 5. The van der Waals surface area contributed by atoms with E-state index in [0.29, 0.717) is 12.6 Å². The number of hydrogen-bond donors (Lipinski definition) is 1. The number of ether oxygens (including phenoxy) is 1. The largest absolute Gasteiger partial charge is 0.487 e. The lowest BCUT2D eigenvalue weighted by Gasteiger charge is -2.32. The van der Waals surface area contributed by atoms with E-state index in [-0.39, 0.29) is 12.4 Å². The van der Waals surface area contributed by atoms with Gasteiger partial charge in [-0.25, -0.2) is 0 Å². The minimum Gasteiger partial charge on any atom is -0.487 e. The van der Waals surface area contributed by atoms with Gasteiger partial charge in [-0.05, 0) is 24.6 Å². The van der Waals surface area contributed by atoms with Gasteiger partial charge in [-0.2, -0.15) is 0 Å². The van der Waals surface area contributed by atoms with Crippen molar-refractivity contribution in [3.8, 4) is 5.75 Å². The highest BCUT2D eigenvalue weighted by molar-refractivity contribution is 5.85. The second kappa shape index (κ2) is 10.0. The number of aromatic nitrogens is 1. The van der Waals surface area contributed by atoms with Crippen molar-refractivity contribution in [3.63, 3.8) is 0 Å². The third kappa shape index (κ3) is 5.42. The maximum Gasteiger partial charge on any atom is 0.130 e.